The largest absolute Gasteiger partial charge is 0.381 e. The molecule has 2 saturated heterocycles. The molecule has 4 aliphatic rings. The number of aromatic nitrogens is 3. The molecule has 2 aromatic heterocycles. The predicted molar refractivity (Wildman–Crippen MR) is 184 cm³/mol. The zero-order valence-electron chi connectivity index (χ0n) is 28.3. The summed E-state index contributed by atoms with van der Waals surface area (Å²) < 4.78 is 39.2. The van der Waals surface area contributed by atoms with Gasteiger partial charge in [-0.15, -0.1) is 0 Å². The number of rotatable bonds is 2. The summed E-state index contributed by atoms with van der Waals surface area (Å²) in [4.78, 5) is 30.3. The van der Waals surface area contributed by atoms with Crippen molar-refractivity contribution in [3.05, 3.63) is 58.1 Å². The van der Waals surface area contributed by atoms with Crippen LogP contribution in [0.2, 0.25) is 0 Å². The van der Waals surface area contributed by atoms with Gasteiger partial charge in [-0.1, -0.05) is 18.2 Å². The van der Waals surface area contributed by atoms with Gasteiger partial charge in [0, 0.05) is 70.0 Å². The molecule has 1 aromatic carbocycles. The van der Waals surface area contributed by atoms with Crippen molar-refractivity contribution in [2.45, 2.75) is 83.8 Å². The van der Waals surface area contributed by atoms with Gasteiger partial charge >= 0.3 is 0 Å². The van der Waals surface area contributed by atoms with Crippen LogP contribution < -0.4 is 15.8 Å². The maximum Gasteiger partial charge on any atom is 0.275 e. The molecule has 0 spiro atoms. The molecule has 0 unspecified atom stereocenters. The lowest BCUT2D eigenvalue weighted by Gasteiger charge is -2.38. The maximum atomic E-state index is 15.7. The smallest absolute Gasteiger partial charge is 0.275 e. The van der Waals surface area contributed by atoms with E-state index in [1.807, 2.05) is 19.1 Å². The molecule has 3 aromatic rings. The number of nitrogens with zero attached hydrogens (tertiary/aromatic N) is 6. The third-order valence-electron chi connectivity index (χ3n) is 10.3. The van der Waals surface area contributed by atoms with Crippen molar-refractivity contribution in [3.8, 4) is 0 Å². The Kier molecular flexibility index (Phi) is 10.7. The quantitative estimate of drug-likeness (QED) is 0.368. The second-order valence-corrected chi connectivity index (χ2v) is 13.9. The lowest BCUT2D eigenvalue weighted by Crippen LogP contribution is -2.50. The van der Waals surface area contributed by atoms with Crippen molar-refractivity contribution < 1.29 is 13.5 Å². The SMILES string of the molecule is CC(C)N1CCN(c2cc3c4ncnc3n(c2=O)CCCOCCCCN2CCC(CC2)CC(F)(F)c2cccc(c2)[C@@H](C)N4)CC1. The first-order valence-corrected chi connectivity index (χ1v) is 17.6. The normalized spacial score (nSPS) is 25.2. The van der Waals surface area contributed by atoms with Crippen LogP contribution in [0.25, 0.3) is 11.0 Å². The van der Waals surface area contributed by atoms with Gasteiger partial charge in [-0.25, -0.2) is 18.7 Å². The third-order valence-corrected chi connectivity index (χ3v) is 10.3. The van der Waals surface area contributed by atoms with Crippen molar-refractivity contribution in [1.82, 2.24) is 24.3 Å². The number of fused-ring (bicyclic) bond motifs is 11. The molecule has 8 bridgehead atoms. The van der Waals surface area contributed by atoms with Gasteiger partial charge in [0.25, 0.3) is 11.5 Å². The minimum absolute atomic E-state index is 0.0120. The average Bonchev–Trinajstić information content (AvgIpc) is 3.07. The monoisotopic (exact) mass is 651 g/mol. The molecule has 0 saturated carbocycles. The Balaban J connectivity index is 1.33. The van der Waals surface area contributed by atoms with E-state index < -0.39 is 5.92 Å². The van der Waals surface area contributed by atoms with E-state index in [9.17, 15) is 4.79 Å². The van der Waals surface area contributed by atoms with Crippen molar-refractivity contribution in [2.24, 2.45) is 5.92 Å². The molecule has 1 atom stereocenters. The minimum atomic E-state index is -2.90. The highest BCUT2D eigenvalue weighted by Gasteiger charge is 2.36. The summed E-state index contributed by atoms with van der Waals surface area (Å²) in [5, 5.41) is 4.23. The topological polar surface area (TPSA) is 78.8 Å². The first-order chi connectivity index (χ1) is 22.7. The van der Waals surface area contributed by atoms with Crippen LogP contribution in [0.1, 0.15) is 76.5 Å². The Morgan fingerprint density at radius 3 is 2.47 bits per heavy atom. The zero-order chi connectivity index (χ0) is 33.0. The number of piperazine rings is 1. The summed E-state index contributed by atoms with van der Waals surface area (Å²) in [6, 6.07) is 8.88. The van der Waals surface area contributed by atoms with E-state index >= 15 is 8.78 Å². The molecule has 11 heteroatoms. The van der Waals surface area contributed by atoms with E-state index in [0.29, 0.717) is 49.4 Å². The molecule has 47 heavy (non-hydrogen) atoms. The minimum Gasteiger partial charge on any atom is -0.381 e. The highest BCUT2D eigenvalue weighted by Crippen LogP contribution is 2.39. The Morgan fingerprint density at radius 2 is 1.70 bits per heavy atom. The van der Waals surface area contributed by atoms with Crippen LogP contribution in [-0.2, 0) is 17.2 Å². The van der Waals surface area contributed by atoms with Gasteiger partial charge < -0.3 is 19.9 Å². The number of benzene rings is 1. The van der Waals surface area contributed by atoms with Gasteiger partial charge in [-0.05, 0) is 96.1 Å². The van der Waals surface area contributed by atoms with Gasteiger partial charge in [0.2, 0.25) is 0 Å². The molecular formula is C36H51F2N7O2. The lowest BCUT2D eigenvalue weighted by molar-refractivity contribution is -0.0372. The number of aryl methyl sites for hydroxylation is 1. The van der Waals surface area contributed by atoms with E-state index in [2.05, 4.69) is 43.8 Å². The van der Waals surface area contributed by atoms with Gasteiger partial charge in [0.05, 0.1) is 5.39 Å². The van der Waals surface area contributed by atoms with Crippen molar-refractivity contribution in [3.63, 3.8) is 0 Å². The summed E-state index contributed by atoms with van der Waals surface area (Å²) in [6.07, 6.45) is 5.63. The Bertz CT molecular complexity index is 1550. The highest BCUT2D eigenvalue weighted by molar-refractivity contribution is 5.89. The molecule has 4 aliphatic heterocycles. The fraction of sp³-hybridized carbons (Fsp3) is 0.639. The van der Waals surface area contributed by atoms with Crippen LogP contribution in [0.4, 0.5) is 20.3 Å². The number of halogens is 2. The second kappa shape index (κ2) is 15.0. The fourth-order valence-corrected chi connectivity index (χ4v) is 7.38. The van der Waals surface area contributed by atoms with Crippen LogP contribution in [-0.4, -0.2) is 89.4 Å². The summed E-state index contributed by atoms with van der Waals surface area (Å²) in [5.41, 5.74) is 1.97. The van der Waals surface area contributed by atoms with E-state index in [-0.39, 0.29) is 29.5 Å². The lowest BCUT2D eigenvalue weighted by atomic mass is 9.87. The first kappa shape index (κ1) is 33.7. The molecule has 0 amide bonds. The number of piperidine rings is 1. The van der Waals surface area contributed by atoms with Gasteiger partial charge in [0.15, 0.2) is 0 Å². The predicted octanol–water partition coefficient (Wildman–Crippen LogP) is 5.89. The number of anilines is 2. The number of hydrogen-bond acceptors (Lipinski definition) is 8. The first-order valence-electron chi connectivity index (χ1n) is 17.6. The van der Waals surface area contributed by atoms with Crippen molar-refractivity contribution >= 4 is 22.5 Å². The fourth-order valence-electron chi connectivity index (χ4n) is 7.38. The molecule has 0 aliphatic carbocycles. The van der Waals surface area contributed by atoms with Crippen LogP contribution in [0.15, 0.2) is 41.5 Å². The van der Waals surface area contributed by atoms with Crippen LogP contribution in [0, 0.1) is 5.92 Å². The Labute approximate surface area is 277 Å². The summed E-state index contributed by atoms with van der Waals surface area (Å²) in [7, 11) is 0. The van der Waals surface area contributed by atoms with E-state index in [1.54, 1.807) is 22.8 Å². The van der Waals surface area contributed by atoms with E-state index in [1.165, 1.54) is 6.33 Å². The molecule has 0 radical (unpaired) electrons. The Morgan fingerprint density at radius 1 is 0.936 bits per heavy atom. The number of ether oxygens (including phenoxy) is 1. The average molecular weight is 652 g/mol. The summed E-state index contributed by atoms with van der Waals surface area (Å²) >= 11 is 0. The standard InChI is InChI=1S/C36H51F2N7O2/c1-26(2)43-16-18-44(19-17-43)32-23-31-33-39-25-40-34(31)45(35(32)46)13-7-21-47-20-5-4-12-42-14-10-28(11-15-42)24-36(37,38)30-9-6-8-29(22-30)27(3)41-33/h6,8-9,22-23,25-28H,4-5,7,10-21,24H2,1-3H3,(H,39,40,41)/t27-/m1/s1. The number of pyridine rings is 1. The Hall–Kier alpha value is -3.15. The molecule has 6 heterocycles. The zero-order valence-corrected chi connectivity index (χ0v) is 28.3. The van der Waals surface area contributed by atoms with Crippen molar-refractivity contribution in [2.75, 3.05) is 69.2 Å². The van der Waals surface area contributed by atoms with Gasteiger partial charge in [-0.2, -0.15) is 0 Å². The van der Waals surface area contributed by atoms with Gasteiger partial charge in [-0.3, -0.25) is 14.3 Å². The van der Waals surface area contributed by atoms with Crippen LogP contribution >= 0.6 is 0 Å². The van der Waals surface area contributed by atoms with E-state index in [4.69, 9.17) is 4.74 Å². The highest BCUT2D eigenvalue weighted by atomic mass is 19.3. The molecule has 9 nitrogen and oxygen atoms in total. The number of alkyl halides is 2. The number of hydrogen-bond donors (Lipinski definition) is 1. The summed E-state index contributed by atoms with van der Waals surface area (Å²) in [6.45, 7) is 14.1. The van der Waals surface area contributed by atoms with Crippen molar-refractivity contribution in [1.29, 1.82) is 0 Å². The maximum absolute atomic E-state index is 15.7. The third kappa shape index (κ3) is 7.95. The molecular weight excluding hydrogens is 600 g/mol. The second-order valence-electron chi connectivity index (χ2n) is 13.9. The summed E-state index contributed by atoms with van der Waals surface area (Å²) in [5.74, 6) is -2.31. The van der Waals surface area contributed by atoms with Crippen LogP contribution in [0.3, 0.4) is 0 Å². The molecule has 7 rings (SSSR count). The van der Waals surface area contributed by atoms with Gasteiger partial charge in [0.1, 0.15) is 23.5 Å². The van der Waals surface area contributed by atoms with Crippen LogP contribution in [0.5, 0.6) is 0 Å². The molecule has 256 valence electrons. The van der Waals surface area contributed by atoms with E-state index in [0.717, 1.165) is 82.4 Å². The molecule has 2 fully saturated rings. The molecule has 1 N–H and O–H groups in total. The number of nitrogens with one attached hydrogen (secondary N) is 1.